The van der Waals surface area contributed by atoms with E-state index in [0.29, 0.717) is 6.42 Å². The highest BCUT2D eigenvalue weighted by molar-refractivity contribution is 6.30. The Morgan fingerprint density at radius 3 is 2.56 bits per heavy atom. The molecule has 1 aromatic rings. The number of amides is 1. The molecule has 1 amide bonds. The van der Waals surface area contributed by atoms with Crippen molar-refractivity contribution in [2.24, 2.45) is 5.92 Å². The summed E-state index contributed by atoms with van der Waals surface area (Å²) in [5, 5.41) is 2.25. The van der Waals surface area contributed by atoms with Crippen LogP contribution in [0, 0.1) is 5.92 Å². The average Bonchev–Trinajstić information content (AvgIpc) is 2.28. The van der Waals surface area contributed by atoms with E-state index in [1.54, 1.807) is 13.8 Å². The number of benzene rings is 1. The molecule has 0 heterocycles. The van der Waals surface area contributed by atoms with Gasteiger partial charge in [-0.2, -0.15) is 13.2 Å². The summed E-state index contributed by atoms with van der Waals surface area (Å²) in [6.07, 6.45) is -4.00. The van der Waals surface area contributed by atoms with Crippen LogP contribution in [-0.4, -0.2) is 5.91 Å². The van der Waals surface area contributed by atoms with Gasteiger partial charge in [0.1, 0.15) is 0 Å². The lowest BCUT2D eigenvalue weighted by molar-refractivity contribution is -0.137. The molecular formula is C12H13ClF3NO. The standard InChI is InChI=1S/C12H13ClF3NO/c1-3-7(2)11(18)17-10-5-4-8(13)6-9(10)12(14,15)16/h4-7H,3H2,1-2H3,(H,17,18)/t7-/m1/s1. The number of carbonyl (C=O) groups excluding carboxylic acids is 1. The molecule has 0 aliphatic rings. The quantitative estimate of drug-likeness (QED) is 0.876. The molecule has 6 heteroatoms. The van der Waals surface area contributed by atoms with Gasteiger partial charge in [-0.25, -0.2) is 0 Å². The Morgan fingerprint density at radius 1 is 1.44 bits per heavy atom. The van der Waals surface area contributed by atoms with Gasteiger partial charge in [0.2, 0.25) is 5.91 Å². The molecule has 18 heavy (non-hydrogen) atoms. The van der Waals surface area contributed by atoms with Gasteiger partial charge in [0.15, 0.2) is 0 Å². The topological polar surface area (TPSA) is 29.1 Å². The zero-order chi connectivity index (χ0) is 13.9. The first-order valence-corrected chi connectivity index (χ1v) is 5.81. The van der Waals surface area contributed by atoms with Crippen LogP contribution < -0.4 is 5.32 Å². The Morgan fingerprint density at radius 2 is 2.06 bits per heavy atom. The van der Waals surface area contributed by atoms with Gasteiger partial charge in [-0.3, -0.25) is 4.79 Å². The number of halogens is 4. The third-order valence-corrected chi connectivity index (χ3v) is 2.84. The molecule has 1 aromatic carbocycles. The summed E-state index contributed by atoms with van der Waals surface area (Å²) < 4.78 is 38.3. The van der Waals surface area contributed by atoms with E-state index >= 15 is 0 Å². The van der Waals surface area contributed by atoms with Crippen molar-refractivity contribution in [1.82, 2.24) is 0 Å². The van der Waals surface area contributed by atoms with Gasteiger partial charge in [0.05, 0.1) is 11.3 Å². The van der Waals surface area contributed by atoms with Crippen LogP contribution >= 0.6 is 11.6 Å². The van der Waals surface area contributed by atoms with Gasteiger partial charge >= 0.3 is 6.18 Å². The zero-order valence-corrected chi connectivity index (χ0v) is 10.7. The molecule has 0 radical (unpaired) electrons. The van der Waals surface area contributed by atoms with E-state index in [2.05, 4.69) is 5.32 Å². The maximum atomic E-state index is 12.8. The van der Waals surface area contributed by atoms with Crippen LogP contribution in [0.5, 0.6) is 0 Å². The second-order valence-electron chi connectivity index (χ2n) is 3.99. The Bertz CT molecular complexity index is 445. The molecule has 0 aliphatic carbocycles. The summed E-state index contributed by atoms with van der Waals surface area (Å²) in [4.78, 5) is 11.6. The van der Waals surface area contributed by atoms with Crippen molar-refractivity contribution in [1.29, 1.82) is 0 Å². The summed E-state index contributed by atoms with van der Waals surface area (Å²) in [6, 6.07) is 3.27. The van der Waals surface area contributed by atoms with Crippen LogP contribution in [0.15, 0.2) is 18.2 Å². The first-order chi connectivity index (χ1) is 8.25. The van der Waals surface area contributed by atoms with Crippen molar-refractivity contribution in [3.05, 3.63) is 28.8 Å². The molecule has 100 valence electrons. The van der Waals surface area contributed by atoms with Gasteiger partial charge in [0.25, 0.3) is 0 Å². The first-order valence-electron chi connectivity index (χ1n) is 5.43. The average molecular weight is 280 g/mol. The number of hydrogen-bond acceptors (Lipinski definition) is 1. The minimum absolute atomic E-state index is 0.0242. The third kappa shape index (κ3) is 3.63. The van der Waals surface area contributed by atoms with Crippen LogP contribution in [0.2, 0.25) is 5.02 Å². The van der Waals surface area contributed by atoms with Gasteiger partial charge < -0.3 is 5.32 Å². The fourth-order valence-electron chi connectivity index (χ4n) is 1.30. The highest BCUT2D eigenvalue weighted by Gasteiger charge is 2.34. The Labute approximate surface area is 108 Å². The molecule has 0 saturated heterocycles. The lowest BCUT2D eigenvalue weighted by Crippen LogP contribution is -2.22. The Kier molecular flexibility index (Phi) is 4.62. The molecule has 0 spiro atoms. The lowest BCUT2D eigenvalue weighted by Gasteiger charge is -2.16. The monoisotopic (exact) mass is 279 g/mol. The van der Waals surface area contributed by atoms with Crippen molar-refractivity contribution >= 4 is 23.2 Å². The molecule has 1 rings (SSSR count). The minimum atomic E-state index is -4.55. The maximum absolute atomic E-state index is 12.8. The molecule has 0 fully saturated rings. The second kappa shape index (κ2) is 5.61. The number of hydrogen-bond donors (Lipinski definition) is 1. The predicted octanol–water partition coefficient (Wildman–Crippen LogP) is 4.34. The summed E-state index contributed by atoms with van der Waals surface area (Å²) in [5.74, 6) is -0.785. The number of anilines is 1. The fourth-order valence-corrected chi connectivity index (χ4v) is 1.47. The molecule has 0 aromatic heterocycles. The Balaban J connectivity index is 3.06. The van der Waals surface area contributed by atoms with Gasteiger partial charge in [0, 0.05) is 10.9 Å². The molecule has 1 atom stereocenters. The highest BCUT2D eigenvalue weighted by atomic mass is 35.5. The van der Waals surface area contributed by atoms with Crippen LogP contribution in [0.4, 0.5) is 18.9 Å². The number of rotatable bonds is 3. The van der Waals surface area contributed by atoms with E-state index < -0.39 is 17.6 Å². The second-order valence-corrected chi connectivity index (χ2v) is 4.42. The number of alkyl halides is 3. The van der Waals surface area contributed by atoms with E-state index in [-0.39, 0.29) is 16.6 Å². The third-order valence-electron chi connectivity index (χ3n) is 2.60. The normalized spacial score (nSPS) is 13.2. The molecule has 0 bridgehead atoms. The van der Waals surface area contributed by atoms with Crippen molar-refractivity contribution in [3.8, 4) is 0 Å². The Hall–Kier alpha value is -1.23. The van der Waals surface area contributed by atoms with E-state index in [9.17, 15) is 18.0 Å². The van der Waals surface area contributed by atoms with Gasteiger partial charge in [-0.1, -0.05) is 25.4 Å². The zero-order valence-electron chi connectivity index (χ0n) is 9.94. The van der Waals surface area contributed by atoms with Crippen LogP contribution in [0.3, 0.4) is 0 Å². The largest absolute Gasteiger partial charge is 0.418 e. The lowest BCUT2D eigenvalue weighted by atomic mass is 10.1. The summed E-state index contributed by atoms with van der Waals surface area (Å²) in [5.41, 5.74) is -1.20. The smallest absolute Gasteiger partial charge is 0.325 e. The van der Waals surface area contributed by atoms with E-state index in [4.69, 9.17) is 11.6 Å². The van der Waals surface area contributed by atoms with Gasteiger partial charge in [-0.15, -0.1) is 0 Å². The van der Waals surface area contributed by atoms with Crippen molar-refractivity contribution in [3.63, 3.8) is 0 Å². The van der Waals surface area contributed by atoms with Crippen LogP contribution in [-0.2, 0) is 11.0 Å². The van der Waals surface area contributed by atoms with Gasteiger partial charge in [-0.05, 0) is 24.6 Å². The van der Waals surface area contributed by atoms with Crippen molar-refractivity contribution < 1.29 is 18.0 Å². The minimum Gasteiger partial charge on any atom is -0.325 e. The molecule has 0 saturated carbocycles. The number of nitrogens with one attached hydrogen (secondary N) is 1. The fraction of sp³-hybridized carbons (Fsp3) is 0.417. The van der Waals surface area contributed by atoms with Crippen LogP contribution in [0.25, 0.3) is 0 Å². The molecule has 1 N–H and O–H groups in total. The molecule has 0 unspecified atom stereocenters. The SMILES string of the molecule is CC[C@@H](C)C(=O)Nc1ccc(Cl)cc1C(F)(F)F. The van der Waals surface area contributed by atoms with Crippen molar-refractivity contribution in [2.75, 3.05) is 5.32 Å². The summed E-state index contributed by atoms with van der Waals surface area (Å²) in [6.45, 7) is 3.44. The predicted molar refractivity (Wildman–Crippen MR) is 64.5 cm³/mol. The van der Waals surface area contributed by atoms with E-state index in [0.717, 1.165) is 12.1 Å². The molecule has 0 aliphatic heterocycles. The summed E-state index contributed by atoms with van der Waals surface area (Å²) >= 11 is 5.54. The van der Waals surface area contributed by atoms with E-state index in [1.807, 2.05) is 0 Å². The molecular weight excluding hydrogens is 267 g/mol. The first kappa shape index (κ1) is 14.8. The highest BCUT2D eigenvalue weighted by Crippen LogP contribution is 2.36. The number of carbonyl (C=O) groups is 1. The summed E-state index contributed by atoms with van der Waals surface area (Å²) in [7, 11) is 0. The van der Waals surface area contributed by atoms with E-state index in [1.165, 1.54) is 6.07 Å². The van der Waals surface area contributed by atoms with Crippen LogP contribution in [0.1, 0.15) is 25.8 Å². The van der Waals surface area contributed by atoms with Crippen molar-refractivity contribution in [2.45, 2.75) is 26.4 Å². The maximum Gasteiger partial charge on any atom is 0.418 e. The molecule has 2 nitrogen and oxygen atoms in total.